The molecule has 0 bridgehead atoms. The Morgan fingerprint density at radius 1 is 0.490 bits per heavy atom. The van der Waals surface area contributed by atoms with Gasteiger partial charge in [0.2, 0.25) is 0 Å². The van der Waals surface area contributed by atoms with Gasteiger partial charge in [0.05, 0.1) is 42.5 Å². The Labute approximate surface area is 578 Å². The molecular weight excluding hydrogens is 1210 g/mol. The highest BCUT2D eigenvalue weighted by atomic mass is 16.7. The van der Waals surface area contributed by atoms with E-state index in [9.17, 15) is 34.2 Å². The van der Waals surface area contributed by atoms with E-state index in [0.717, 1.165) is 24.0 Å². The van der Waals surface area contributed by atoms with Gasteiger partial charge in [-0.05, 0) is 155 Å². The lowest BCUT2D eigenvalue weighted by molar-refractivity contribution is -0.293. The molecule has 15 heteroatoms. The van der Waals surface area contributed by atoms with Crippen LogP contribution in [0.25, 0.3) is 0 Å². The van der Waals surface area contributed by atoms with Crippen molar-refractivity contribution in [2.75, 3.05) is 0 Å². The Morgan fingerprint density at radius 2 is 0.896 bits per heavy atom. The summed E-state index contributed by atoms with van der Waals surface area (Å²) in [6, 6.07) is 19.1. The fourth-order valence-corrected chi connectivity index (χ4v) is 16.6. The van der Waals surface area contributed by atoms with Gasteiger partial charge in [0.15, 0.2) is 36.2 Å². The van der Waals surface area contributed by atoms with Crippen LogP contribution in [0.15, 0.2) is 84.0 Å². The lowest BCUT2D eigenvalue weighted by Gasteiger charge is -2.49. The fraction of sp³-hybridized carbons (Fsp3) is 0.741. The molecule has 0 radical (unpaired) electrons. The van der Waals surface area contributed by atoms with E-state index in [1.54, 1.807) is 39.8 Å². The molecule has 0 spiro atoms. The van der Waals surface area contributed by atoms with E-state index in [4.69, 9.17) is 37.9 Å². The smallest absolute Gasteiger partial charge is 0.316 e. The number of esters is 2. The van der Waals surface area contributed by atoms with Crippen LogP contribution in [0.2, 0.25) is 0 Å². The zero-order valence-electron chi connectivity index (χ0n) is 63.2. The van der Waals surface area contributed by atoms with Gasteiger partial charge in [-0.25, -0.2) is 0 Å². The van der Waals surface area contributed by atoms with E-state index >= 15 is 0 Å². The number of ketones is 3. The first-order valence-corrected chi connectivity index (χ1v) is 36.5. The summed E-state index contributed by atoms with van der Waals surface area (Å²) < 4.78 is 52.4. The van der Waals surface area contributed by atoms with Gasteiger partial charge in [-0.1, -0.05) is 178 Å². The van der Waals surface area contributed by atoms with Crippen molar-refractivity contribution in [2.24, 2.45) is 81.3 Å². The Hall–Kier alpha value is -4.45. The summed E-state index contributed by atoms with van der Waals surface area (Å²) >= 11 is 0. The second-order valence-corrected chi connectivity index (χ2v) is 32.8. The van der Waals surface area contributed by atoms with Crippen LogP contribution in [0.5, 0.6) is 0 Å². The third kappa shape index (κ3) is 19.8. The predicted octanol–water partition coefficient (Wildman–Crippen LogP) is 15.6. The third-order valence-corrected chi connectivity index (χ3v) is 23.0. The number of hydrogen-bond acceptors (Lipinski definition) is 15. The van der Waals surface area contributed by atoms with E-state index in [1.807, 2.05) is 116 Å². The molecule has 96 heavy (non-hydrogen) atoms. The number of aliphatic hydroxyl groups is 2. The molecule has 24 atom stereocenters. The minimum atomic E-state index is -1.65. The summed E-state index contributed by atoms with van der Waals surface area (Å²) in [5, 5.41) is 24.5. The lowest BCUT2D eigenvalue weighted by Crippen LogP contribution is -2.54. The zero-order valence-corrected chi connectivity index (χ0v) is 63.2. The Bertz CT molecular complexity index is 2950. The number of carbonyl (C=O) groups excluding carboxylic acids is 5. The van der Waals surface area contributed by atoms with Crippen molar-refractivity contribution in [3.05, 3.63) is 95.1 Å². The van der Waals surface area contributed by atoms with Crippen molar-refractivity contribution in [1.82, 2.24) is 0 Å². The standard InChI is InChI=1S/C45H72O8.C36H54O7/c1-15-36-45(48,24-35-19-17-16-18-20-35)23-28(4)38(46)27(3)22-44(13,14)40(53-42-30(6)26(2)21-29(5)49-42)31(7)39(32(8)41(47)51-36)52-37-25-43(11,12)33(9)34(10)50-37;1-11-29-36(40,20-28-15-13-12-14-16-28)19-23(4)30(37)22(3)18-35(9,10)32(26(7)31(38)27(8)33(39)42-29)43-34-25(6)21(2)17-24(5)41-34/h16-20,23,26-27,29-34,36-37,39-40,42,48H,15,21-22,24-25H2,1-14H3;12-16,19,21-22,24-27,29,32,34,40H,11,17-18,20H2,1-10H3/b28-23+;23-19+/t26-,27+,29+,30+,31-,32+,33-,34-,36+,37?,39-,40+,42?,45+;21-,22+,24+,25+,26-,27+,29+,32+,34?,36+/m00/s1. The molecule has 5 heterocycles. The van der Waals surface area contributed by atoms with Crippen LogP contribution in [-0.2, 0) is 74.7 Å². The average molecular weight is 1340 g/mol. The molecule has 7 rings (SSSR count). The normalized spacial score (nSPS) is 41.1. The molecule has 540 valence electrons. The highest BCUT2D eigenvalue weighted by molar-refractivity contribution is 6.00. The number of rotatable bonds is 12. The molecule has 3 fully saturated rings. The van der Waals surface area contributed by atoms with Gasteiger partial charge in [0.25, 0.3) is 0 Å². The molecular formula is C81H126O15. The number of cyclic esters (lactones) is 2. The summed E-state index contributed by atoms with van der Waals surface area (Å²) in [7, 11) is 0. The molecule has 0 aliphatic carbocycles. The summed E-state index contributed by atoms with van der Waals surface area (Å²) in [5.41, 5.74) is -1.93. The largest absolute Gasteiger partial charge is 0.459 e. The van der Waals surface area contributed by atoms with Crippen molar-refractivity contribution >= 4 is 29.3 Å². The molecule has 2 aromatic rings. The zero-order chi connectivity index (χ0) is 71.9. The van der Waals surface area contributed by atoms with E-state index < -0.39 is 107 Å². The second kappa shape index (κ2) is 33.4. The Balaban J connectivity index is 0.000000310. The Kier molecular flexibility index (Phi) is 28.0. The van der Waals surface area contributed by atoms with Gasteiger partial charge in [-0.2, -0.15) is 0 Å². The molecule has 2 aromatic carbocycles. The summed E-state index contributed by atoms with van der Waals surface area (Å²) in [6.45, 7) is 48.3. The van der Waals surface area contributed by atoms with Gasteiger partial charge in [-0.15, -0.1) is 0 Å². The fourth-order valence-electron chi connectivity index (χ4n) is 16.6. The first kappa shape index (κ1) is 80.5. The first-order chi connectivity index (χ1) is 44.6. The molecule has 3 unspecified atom stereocenters. The van der Waals surface area contributed by atoms with Crippen molar-refractivity contribution in [2.45, 2.75) is 303 Å². The molecule has 5 aliphatic heterocycles. The summed E-state index contributed by atoms with van der Waals surface area (Å²) in [4.78, 5) is 70.1. The quantitative estimate of drug-likeness (QED) is 0.150. The molecule has 0 aromatic heterocycles. The molecule has 15 nitrogen and oxygen atoms in total. The average Bonchev–Trinajstić information content (AvgIpc) is 0.794. The van der Waals surface area contributed by atoms with E-state index in [-0.39, 0.29) is 77.6 Å². The van der Waals surface area contributed by atoms with Crippen molar-refractivity contribution in [3.8, 4) is 0 Å². The third-order valence-electron chi connectivity index (χ3n) is 23.0. The highest BCUT2D eigenvalue weighted by Crippen LogP contribution is 2.47. The van der Waals surface area contributed by atoms with Crippen LogP contribution >= 0.6 is 0 Å². The van der Waals surface area contributed by atoms with Gasteiger partial charge in [-0.3, -0.25) is 24.0 Å². The number of allylic oxidation sites excluding steroid dienone is 2. The SMILES string of the molecule is CC[C@H]1OC(=O)[C@H](C)C(=O)[C@H](C)[C@@H](OC2O[C@H](C)C[C@H](C)[C@H]2C)C(C)(C)C[C@@H](C)C(=O)/C(C)=C/[C@@]1(O)Cc1ccccc1.CC[C@H]1OC(=O)[C@H](C)[C@@H](OC2CC(C)(C)[C@@H](C)[C@H](C)O2)[C@H](C)[C@@H](OC2O[C@H](C)C[C@H](C)[C@H]2C)C(C)(C)C[C@@H](C)C(=O)/C(C)=C/[C@@]1(O)Cc1ccccc1. The monoisotopic (exact) mass is 1340 g/mol. The maximum atomic E-state index is 14.5. The maximum absolute atomic E-state index is 14.5. The van der Waals surface area contributed by atoms with Crippen LogP contribution in [0.4, 0.5) is 0 Å². The van der Waals surface area contributed by atoms with E-state index in [2.05, 4.69) is 83.1 Å². The number of benzene rings is 2. The number of Topliss-reactive ketones (excluding diaryl/α,β-unsaturated/α-hetero) is 3. The van der Waals surface area contributed by atoms with E-state index in [0.29, 0.717) is 61.0 Å². The predicted molar refractivity (Wildman–Crippen MR) is 376 cm³/mol. The molecule has 0 saturated carbocycles. The van der Waals surface area contributed by atoms with Gasteiger partial charge >= 0.3 is 11.9 Å². The van der Waals surface area contributed by atoms with Crippen molar-refractivity contribution < 1.29 is 72.1 Å². The number of carbonyl (C=O) groups is 5. The minimum Gasteiger partial charge on any atom is -0.459 e. The molecule has 5 aliphatic rings. The molecule has 2 N–H and O–H groups in total. The maximum Gasteiger partial charge on any atom is 0.316 e. The van der Waals surface area contributed by atoms with Crippen LogP contribution in [-0.4, -0.2) is 118 Å². The van der Waals surface area contributed by atoms with Crippen LogP contribution < -0.4 is 0 Å². The summed E-state index contributed by atoms with van der Waals surface area (Å²) in [6.07, 6.45) is 2.56. The topological polar surface area (TPSA) is 200 Å². The van der Waals surface area contributed by atoms with Crippen LogP contribution in [0.3, 0.4) is 0 Å². The van der Waals surface area contributed by atoms with Gasteiger partial charge < -0.3 is 48.1 Å². The summed E-state index contributed by atoms with van der Waals surface area (Å²) in [5.74, 6) is -3.88. The molecule has 0 amide bonds. The minimum absolute atomic E-state index is 0.0200. The van der Waals surface area contributed by atoms with E-state index in [1.165, 1.54) is 0 Å². The number of hydrogen-bond donors (Lipinski definition) is 2. The second-order valence-electron chi connectivity index (χ2n) is 32.8. The van der Waals surface area contributed by atoms with Crippen molar-refractivity contribution in [3.63, 3.8) is 0 Å². The first-order valence-electron chi connectivity index (χ1n) is 36.5. The van der Waals surface area contributed by atoms with Crippen LogP contribution in [0, 0.1) is 81.3 Å². The highest BCUT2D eigenvalue weighted by Gasteiger charge is 2.52. The van der Waals surface area contributed by atoms with Crippen LogP contribution in [0.1, 0.15) is 222 Å². The Morgan fingerprint density at radius 3 is 1.31 bits per heavy atom. The lowest BCUT2D eigenvalue weighted by atomic mass is 9.70. The molecule has 3 saturated heterocycles. The van der Waals surface area contributed by atoms with Gasteiger partial charge in [0.1, 0.15) is 29.3 Å². The van der Waals surface area contributed by atoms with Gasteiger partial charge in [0, 0.05) is 54.8 Å². The number of ether oxygens (including phenoxy) is 8. The van der Waals surface area contributed by atoms with Crippen molar-refractivity contribution in [1.29, 1.82) is 0 Å².